The predicted octanol–water partition coefficient (Wildman–Crippen LogP) is 3.36. The van der Waals surface area contributed by atoms with Gasteiger partial charge in [0.05, 0.1) is 18.9 Å². The van der Waals surface area contributed by atoms with Crippen LogP contribution < -0.4 is 5.32 Å². The van der Waals surface area contributed by atoms with Crippen molar-refractivity contribution in [2.24, 2.45) is 0 Å². The number of aliphatic hydroxyl groups is 1. The van der Waals surface area contributed by atoms with E-state index < -0.39 is 0 Å². The van der Waals surface area contributed by atoms with Gasteiger partial charge in [-0.3, -0.25) is 5.32 Å². The fraction of sp³-hybridized carbons (Fsp3) is 0.375. The molecule has 1 heterocycles. The van der Waals surface area contributed by atoms with Gasteiger partial charge in [0.15, 0.2) is 0 Å². The summed E-state index contributed by atoms with van der Waals surface area (Å²) in [5.74, 6) is 0.771. The summed E-state index contributed by atoms with van der Waals surface area (Å²) >= 11 is 0. The van der Waals surface area contributed by atoms with Crippen molar-refractivity contribution in [1.82, 2.24) is 5.32 Å². The molecule has 2 rings (SSSR count). The maximum absolute atomic E-state index is 9.51. The lowest BCUT2D eigenvalue weighted by Crippen LogP contribution is -2.28. The van der Waals surface area contributed by atoms with Gasteiger partial charge in [0.25, 0.3) is 0 Å². The monoisotopic (exact) mass is 259 g/mol. The standard InChI is InChI=1S/C16H21NO2/c1-3-14(13-8-6-12(2)7-9-13)17-15(11-18)16-5-4-10-19-16/h4-10,14-15,17-18H,3,11H2,1-2H3. The SMILES string of the molecule is CCC(NC(CO)c1ccco1)c1ccc(C)cc1. The Bertz CT molecular complexity index is 476. The third-order valence-electron chi connectivity index (χ3n) is 3.36. The molecule has 0 radical (unpaired) electrons. The number of benzene rings is 1. The average molecular weight is 259 g/mol. The van der Waals surface area contributed by atoms with Crippen molar-refractivity contribution in [3.63, 3.8) is 0 Å². The quantitative estimate of drug-likeness (QED) is 0.836. The second-order valence-electron chi connectivity index (χ2n) is 4.79. The van der Waals surface area contributed by atoms with Crippen LogP contribution in [0.25, 0.3) is 0 Å². The van der Waals surface area contributed by atoms with E-state index in [1.807, 2.05) is 12.1 Å². The molecule has 2 aromatic rings. The number of aryl methyl sites for hydroxylation is 1. The maximum atomic E-state index is 9.51. The molecule has 3 heteroatoms. The summed E-state index contributed by atoms with van der Waals surface area (Å²) in [5.41, 5.74) is 2.49. The lowest BCUT2D eigenvalue weighted by Gasteiger charge is -2.23. The van der Waals surface area contributed by atoms with E-state index in [1.54, 1.807) is 6.26 Å². The Labute approximate surface area is 114 Å². The van der Waals surface area contributed by atoms with Gasteiger partial charge in [-0.25, -0.2) is 0 Å². The molecule has 102 valence electrons. The van der Waals surface area contributed by atoms with Crippen molar-refractivity contribution in [1.29, 1.82) is 0 Å². The molecular formula is C16H21NO2. The molecule has 0 saturated carbocycles. The van der Waals surface area contributed by atoms with Crippen LogP contribution in [0, 0.1) is 6.92 Å². The maximum Gasteiger partial charge on any atom is 0.123 e. The molecule has 1 aromatic carbocycles. The molecule has 0 spiro atoms. The number of hydrogen-bond donors (Lipinski definition) is 2. The van der Waals surface area contributed by atoms with Gasteiger partial charge in [0.1, 0.15) is 5.76 Å². The predicted molar refractivity (Wildman–Crippen MR) is 75.9 cm³/mol. The molecule has 3 nitrogen and oxygen atoms in total. The summed E-state index contributed by atoms with van der Waals surface area (Å²) in [6.07, 6.45) is 2.59. The highest BCUT2D eigenvalue weighted by Gasteiger charge is 2.18. The highest BCUT2D eigenvalue weighted by atomic mass is 16.3. The number of nitrogens with one attached hydrogen (secondary N) is 1. The van der Waals surface area contributed by atoms with Crippen LogP contribution in [0.15, 0.2) is 47.1 Å². The van der Waals surface area contributed by atoms with E-state index in [1.165, 1.54) is 11.1 Å². The van der Waals surface area contributed by atoms with Gasteiger partial charge >= 0.3 is 0 Å². The normalized spacial score (nSPS) is 14.3. The van der Waals surface area contributed by atoms with E-state index in [4.69, 9.17) is 4.42 Å². The van der Waals surface area contributed by atoms with Crippen LogP contribution in [0.2, 0.25) is 0 Å². The Morgan fingerprint density at radius 3 is 2.42 bits per heavy atom. The van der Waals surface area contributed by atoms with Crippen molar-refractivity contribution >= 4 is 0 Å². The van der Waals surface area contributed by atoms with E-state index >= 15 is 0 Å². The van der Waals surface area contributed by atoms with E-state index in [0.29, 0.717) is 0 Å². The smallest absolute Gasteiger partial charge is 0.123 e. The summed E-state index contributed by atoms with van der Waals surface area (Å²) in [4.78, 5) is 0. The van der Waals surface area contributed by atoms with Crippen LogP contribution in [0.5, 0.6) is 0 Å². The number of furan rings is 1. The average Bonchev–Trinajstić information content (AvgIpc) is 2.95. The van der Waals surface area contributed by atoms with Gasteiger partial charge in [0, 0.05) is 6.04 Å². The van der Waals surface area contributed by atoms with Crippen molar-refractivity contribution in [3.8, 4) is 0 Å². The Balaban J connectivity index is 2.11. The van der Waals surface area contributed by atoms with Crippen LogP contribution in [-0.2, 0) is 0 Å². The van der Waals surface area contributed by atoms with Gasteiger partial charge in [-0.15, -0.1) is 0 Å². The minimum atomic E-state index is -0.166. The van der Waals surface area contributed by atoms with E-state index in [-0.39, 0.29) is 18.7 Å². The molecule has 0 aliphatic heterocycles. The minimum absolute atomic E-state index is 0.0237. The second kappa shape index (κ2) is 6.55. The third-order valence-corrected chi connectivity index (χ3v) is 3.36. The Hall–Kier alpha value is -1.58. The topological polar surface area (TPSA) is 45.4 Å². The van der Waals surface area contributed by atoms with Crippen LogP contribution in [0.3, 0.4) is 0 Å². The lowest BCUT2D eigenvalue weighted by molar-refractivity contribution is 0.213. The zero-order valence-electron chi connectivity index (χ0n) is 11.5. The Kier molecular flexibility index (Phi) is 4.77. The number of rotatable bonds is 6. The van der Waals surface area contributed by atoms with Crippen LogP contribution >= 0.6 is 0 Å². The van der Waals surface area contributed by atoms with E-state index in [0.717, 1.165) is 12.2 Å². The number of hydrogen-bond acceptors (Lipinski definition) is 3. The van der Waals surface area contributed by atoms with Crippen molar-refractivity contribution in [2.45, 2.75) is 32.4 Å². The molecule has 0 bridgehead atoms. The largest absolute Gasteiger partial charge is 0.468 e. The van der Waals surface area contributed by atoms with Gasteiger partial charge in [-0.2, -0.15) is 0 Å². The molecule has 1 aromatic heterocycles. The Morgan fingerprint density at radius 2 is 1.89 bits per heavy atom. The number of aliphatic hydroxyl groups excluding tert-OH is 1. The van der Waals surface area contributed by atoms with Crippen LogP contribution in [-0.4, -0.2) is 11.7 Å². The molecule has 0 amide bonds. The van der Waals surface area contributed by atoms with Crippen molar-refractivity contribution in [2.75, 3.05) is 6.61 Å². The lowest BCUT2D eigenvalue weighted by atomic mass is 10.0. The molecule has 0 fully saturated rings. The second-order valence-corrected chi connectivity index (χ2v) is 4.79. The summed E-state index contributed by atoms with van der Waals surface area (Å²) in [6.45, 7) is 4.24. The Morgan fingerprint density at radius 1 is 1.16 bits per heavy atom. The molecular weight excluding hydrogens is 238 g/mol. The summed E-state index contributed by atoms with van der Waals surface area (Å²) in [6, 6.07) is 12.3. The summed E-state index contributed by atoms with van der Waals surface area (Å²) in [5, 5.41) is 13.0. The van der Waals surface area contributed by atoms with Crippen molar-refractivity contribution in [3.05, 3.63) is 59.5 Å². The first-order valence-electron chi connectivity index (χ1n) is 6.71. The van der Waals surface area contributed by atoms with Crippen LogP contribution in [0.1, 0.15) is 42.3 Å². The van der Waals surface area contributed by atoms with E-state index in [2.05, 4.69) is 43.4 Å². The molecule has 2 atom stereocenters. The van der Waals surface area contributed by atoms with Gasteiger partial charge in [-0.1, -0.05) is 36.8 Å². The molecule has 0 saturated heterocycles. The third kappa shape index (κ3) is 3.46. The molecule has 0 aliphatic rings. The first-order chi connectivity index (χ1) is 9.24. The zero-order valence-corrected chi connectivity index (χ0v) is 11.5. The first-order valence-corrected chi connectivity index (χ1v) is 6.71. The van der Waals surface area contributed by atoms with Crippen LogP contribution in [0.4, 0.5) is 0 Å². The van der Waals surface area contributed by atoms with Crippen molar-refractivity contribution < 1.29 is 9.52 Å². The summed E-state index contributed by atoms with van der Waals surface area (Å²) in [7, 11) is 0. The molecule has 0 aliphatic carbocycles. The zero-order chi connectivity index (χ0) is 13.7. The van der Waals surface area contributed by atoms with Gasteiger partial charge < -0.3 is 9.52 Å². The van der Waals surface area contributed by atoms with E-state index in [9.17, 15) is 5.11 Å². The van der Waals surface area contributed by atoms with Gasteiger partial charge in [-0.05, 0) is 31.0 Å². The summed E-state index contributed by atoms with van der Waals surface area (Å²) < 4.78 is 5.36. The highest BCUT2D eigenvalue weighted by molar-refractivity contribution is 5.24. The molecule has 2 N–H and O–H groups in total. The molecule has 19 heavy (non-hydrogen) atoms. The first kappa shape index (κ1) is 13.8. The fourth-order valence-corrected chi connectivity index (χ4v) is 2.21. The molecule has 2 unspecified atom stereocenters. The highest BCUT2D eigenvalue weighted by Crippen LogP contribution is 2.22. The van der Waals surface area contributed by atoms with Gasteiger partial charge in [0.2, 0.25) is 0 Å². The fourth-order valence-electron chi connectivity index (χ4n) is 2.21. The minimum Gasteiger partial charge on any atom is -0.468 e.